The third-order valence-electron chi connectivity index (χ3n) is 2.80. The first-order chi connectivity index (χ1) is 9.61. The first kappa shape index (κ1) is 12.3. The second kappa shape index (κ2) is 4.73. The fourth-order valence-corrected chi connectivity index (χ4v) is 1.86. The molecule has 5 nitrogen and oxygen atoms in total. The Labute approximate surface area is 114 Å². The highest BCUT2D eigenvalue weighted by Gasteiger charge is 2.11. The van der Waals surface area contributed by atoms with E-state index in [0.717, 1.165) is 5.56 Å². The summed E-state index contributed by atoms with van der Waals surface area (Å²) in [6, 6.07) is 6.40. The SMILES string of the molecule is Cc1ccnc(NC(=O)c2cn3cc(F)ccc3n2)c1. The van der Waals surface area contributed by atoms with E-state index < -0.39 is 0 Å². The Balaban J connectivity index is 1.88. The van der Waals surface area contributed by atoms with E-state index in [1.807, 2.05) is 13.0 Å². The van der Waals surface area contributed by atoms with Crippen LogP contribution >= 0.6 is 0 Å². The number of amides is 1. The van der Waals surface area contributed by atoms with Gasteiger partial charge in [-0.3, -0.25) is 4.79 Å². The summed E-state index contributed by atoms with van der Waals surface area (Å²) in [6.45, 7) is 1.91. The molecule has 0 saturated carbocycles. The monoisotopic (exact) mass is 270 g/mol. The Kier molecular flexibility index (Phi) is 2.90. The topological polar surface area (TPSA) is 59.3 Å². The summed E-state index contributed by atoms with van der Waals surface area (Å²) < 4.78 is 14.5. The summed E-state index contributed by atoms with van der Waals surface area (Å²) >= 11 is 0. The number of aryl methyl sites for hydroxylation is 1. The number of anilines is 1. The Morgan fingerprint density at radius 2 is 2.15 bits per heavy atom. The largest absolute Gasteiger partial charge is 0.305 e. The van der Waals surface area contributed by atoms with Crippen LogP contribution < -0.4 is 5.32 Å². The molecule has 0 atom stereocenters. The first-order valence-corrected chi connectivity index (χ1v) is 6.00. The van der Waals surface area contributed by atoms with Gasteiger partial charge in [0.25, 0.3) is 5.91 Å². The van der Waals surface area contributed by atoms with Crippen LogP contribution in [0.15, 0.2) is 42.9 Å². The van der Waals surface area contributed by atoms with Gasteiger partial charge in [-0.05, 0) is 36.8 Å². The lowest BCUT2D eigenvalue weighted by atomic mass is 10.3. The lowest BCUT2D eigenvalue weighted by Gasteiger charge is -2.02. The summed E-state index contributed by atoms with van der Waals surface area (Å²) in [5.41, 5.74) is 1.71. The Hall–Kier alpha value is -2.76. The molecule has 100 valence electrons. The third kappa shape index (κ3) is 2.35. The zero-order valence-electron chi connectivity index (χ0n) is 10.7. The molecule has 0 aliphatic carbocycles. The third-order valence-corrected chi connectivity index (χ3v) is 2.80. The standard InChI is InChI=1S/C14H11FN4O/c1-9-4-5-16-12(6-9)18-14(20)11-8-19-7-10(15)2-3-13(19)17-11/h2-8H,1H3,(H,16,18,20). The summed E-state index contributed by atoms with van der Waals surface area (Å²) in [4.78, 5) is 20.2. The van der Waals surface area contributed by atoms with Crippen LogP contribution in [0.5, 0.6) is 0 Å². The highest BCUT2D eigenvalue weighted by Crippen LogP contribution is 2.10. The van der Waals surface area contributed by atoms with Gasteiger partial charge in [0, 0.05) is 18.6 Å². The molecule has 0 spiro atoms. The number of fused-ring (bicyclic) bond motifs is 1. The minimum atomic E-state index is -0.387. The number of imidazole rings is 1. The Bertz CT molecular complexity index is 797. The minimum Gasteiger partial charge on any atom is -0.305 e. The molecule has 0 fully saturated rings. The van der Waals surface area contributed by atoms with Crippen molar-refractivity contribution in [2.75, 3.05) is 5.32 Å². The molecule has 3 aromatic heterocycles. The summed E-state index contributed by atoms with van der Waals surface area (Å²) in [5, 5.41) is 2.65. The fraction of sp³-hybridized carbons (Fsp3) is 0.0714. The normalized spacial score (nSPS) is 10.7. The van der Waals surface area contributed by atoms with Crippen molar-refractivity contribution in [3.63, 3.8) is 0 Å². The van der Waals surface area contributed by atoms with E-state index in [0.29, 0.717) is 11.5 Å². The van der Waals surface area contributed by atoms with Crippen LogP contribution in [0, 0.1) is 12.7 Å². The van der Waals surface area contributed by atoms with Crippen LogP contribution in [0.1, 0.15) is 16.1 Å². The number of aromatic nitrogens is 3. The molecule has 0 saturated heterocycles. The van der Waals surface area contributed by atoms with Crippen molar-refractivity contribution in [2.45, 2.75) is 6.92 Å². The Morgan fingerprint density at radius 1 is 1.30 bits per heavy atom. The lowest BCUT2D eigenvalue weighted by molar-refractivity contribution is 0.102. The van der Waals surface area contributed by atoms with Gasteiger partial charge in [0.05, 0.1) is 0 Å². The van der Waals surface area contributed by atoms with E-state index in [1.54, 1.807) is 12.3 Å². The number of nitrogens with one attached hydrogen (secondary N) is 1. The highest BCUT2D eigenvalue weighted by molar-refractivity contribution is 6.02. The van der Waals surface area contributed by atoms with Crippen molar-refractivity contribution in [2.24, 2.45) is 0 Å². The average Bonchev–Trinajstić information content (AvgIpc) is 2.81. The van der Waals surface area contributed by atoms with Gasteiger partial charge in [-0.1, -0.05) is 0 Å². The number of carbonyl (C=O) groups is 1. The highest BCUT2D eigenvalue weighted by atomic mass is 19.1. The minimum absolute atomic E-state index is 0.207. The van der Waals surface area contributed by atoms with E-state index >= 15 is 0 Å². The van der Waals surface area contributed by atoms with Crippen LogP contribution in [0.2, 0.25) is 0 Å². The average molecular weight is 270 g/mol. The molecule has 20 heavy (non-hydrogen) atoms. The molecule has 0 bridgehead atoms. The van der Waals surface area contributed by atoms with Crippen molar-refractivity contribution >= 4 is 17.4 Å². The molecule has 6 heteroatoms. The maximum atomic E-state index is 13.1. The van der Waals surface area contributed by atoms with Gasteiger partial charge < -0.3 is 9.72 Å². The van der Waals surface area contributed by atoms with E-state index in [9.17, 15) is 9.18 Å². The van der Waals surface area contributed by atoms with E-state index in [2.05, 4.69) is 15.3 Å². The van der Waals surface area contributed by atoms with Gasteiger partial charge in [-0.2, -0.15) is 0 Å². The van der Waals surface area contributed by atoms with Gasteiger partial charge in [0.2, 0.25) is 0 Å². The smallest absolute Gasteiger partial charge is 0.277 e. The van der Waals surface area contributed by atoms with Crippen LogP contribution in [-0.2, 0) is 0 Å². The maximum Gasteiger partial charge on any atom is 0.277 e. The zero-order valence-corrected chi connectivity index (χ0v) is 10.7. The summed E-state index contributed by atoms with van der Waals surface area (Å²) in [7, 11) is 0. The maximum absolute atomic E-state index is 13.1. The molecule has 3 aromatic rings. The van der Waals surface area contributed by atoms with Crippen molar-refractivity contribution in [3.8, 4) is 0 Å². The van der Waals surface area contributed by atoms with Crippen LogP contribution in [0.4, 0.5) is 10.2 Å². The number of halogens is 1. The molecule has 0 unspecified atom stereocenters. The number of rotatable bonds is 2. The van der Waals surface area contributed by atoms with Crippen LogP contribution in [0.25, 0.3) is 5.65 Å². The van der Waals surface area contributed by atoms with Crippen LogP contribution in [-0.4, -0.2) is 20.3 Å². The fourth-order valence-electron chi connectivity index (χ4n) is 1.86. The molecule has 0 radical (unpaired) electrons. The van der Waals surface area contributed by atoms with E-state index in [1.165, 1.54) is 28.9 Å². The molecule has 0 aliphatic rings. The second-order valence-corrected chi connectivity index (χ2v) is 4.41. The van der Waals surface area contributed by atoms with E-state index in [-0.39, 0.29) is 17.4 Å². The predicted octanol–water partition coefficient (Wildman–Crippen LogP) is 2.43. The molecule has 3 heterocycles. The quantitative estimate of drug-likeness (QED) is 0.778. The van der Waals surface area contributed by atoms with Gasteiger partial charge in [-0.25, -0.2) is 14.4 Å². The molecule has 0 aromatic carbocycles. The number of hydrogen-bond acceptors (Lipinski definition) is 3. The zero-order chi connectivity index (χ0) is 14.1. The molecule has 1 amide bonds. The van der Waals surface area contributed by atoms with Crippen molar-refractivity contribution < 1.29 is 9.18 Å². The number of nitrogens with zero attached hydrogens (tertiary/aromatic N) is 3. The number of hydrogen-bond donors (Lipinski definition) is 1. The van der Waals surface area contributed by atoms with Crippen molar-refractivity contribution in [1.29, 1.82) is 0 Å². The predicted molar refractivity (Wildman–Crippen MR) is 72.1 cm³/mol. The first-order valence-electron chi connectivity index (χ1n) is 6.00. The summed E-state index contributed by atoms with van der Waals surface area (Å²) in [6.07, 6.45) is 4.36. The van der Waals surface area contributed by atoms with Crippen molar-refractivity contribution in [1.82, 2.24) is 14.4 Å². The van der Waals surface area contributed by atoms with Gasteiger partial charge in [-0.15, -0.1) is 0 Å². The van der Waals surface area contributed by atoms with E-state index in [4.69, 9.17) is 0 Å². The van der Waals surface area contributed by atoms with Crippen molar-refractivity contribution in [3.05, 3.63) is 59.9 Å². The molecular formula is C14H11FN4O. The molecular weight excluding hydrogens is 259 g/mol. The lowest BCUT2D eigenvalue weighted by Crippen LogP contribution is -2.13. The molecule has 3 rings (SSSR count). The second-order valence-electron chi connectivity index (χ2n) is 4.41. The van der Waals surface area contributed by atoms with Gasteiger partial charge >= 0.3 is 0 Å². The van der Waals surface area contributed by atoms with Crippen LogP contribution in [0.3, 0.4) is 0 Å². The number of pyridine rings is 2. The summed E-state index contributed by atoms with van der Waals surface area (Å²) in [5.74, 6) is -0.312. The van der Waals surface area contributed by atoms with Gasteiger partial charge in [0.1, 0.15) is 23.0 Å². The number of carbonyl (C=O) groups excluding carboxylic acids is 1. The molecule has 0 aliphatic heterocycles. The Morgan fingerprint density at radius 3 is 2.95 bits per heavy atom. The van der Waals surface area contributed by atoms with Gasteiger partial charge in [0.15, 0.2) is 0 Å². The molecule has 1 N–H and O–H groups in total.